The molecule has 0 aliphatic heterocycles. The van der Waals surface area contributed by atoms with Crippen molar-refractivity contribution in [3.63, 3.8) is 0 Å². The van der Waals surface area contributed by atoms with E-state index in [0.29, 0.717) is 22.0 Å². The number of nitriles is 1. The minimum absolute atomic E-state index is 0.0416. The fourth-order valence-corrected chi connectivity index (χ4v) is 4.92. The number of esters is 1. The highest BCUT2D eigenvalue weighted by atomic mass is 32.1. The Morgan fingerprint density at radius 2 is 2.19 bits per heavy atom. The highest BCUT2D eigenvalue weighted by molar-refractivity contribution is 7.17. The number of phenols is 1. The number of benzene rings is 1. The van der Waals surface area contributed by atoms with Crippen LogP contribution in [-0.4, -0.2) is 30.7 Å². The Bertz CT molecular complexity index is 1080. The predicted octanol–water partition coefficient (Wildman–Crippen LogP) is 4.31. The predicted molar refractivity (Wildman–Crippen MR) is 118 cm³/mol. The summed E-state index contributed by atoms with van der Waals surface area (Å²) >= 11 is 1.37. The van der Waals surface area contributed by atoms with Gasteiger partial charge in [-0.3, -0.25) is 4.79 Å². The first-order chi connectivity index (χ1) is 14.9. The lowest BCUT2D eigenvalue weighted by atomic mass is 9.88. The zero-order valence-corrected chi connectivity index (χ0v) is 18.5. The van der Waals surface area contributed by atoms with Crippen LogP contribution in [0.3, 0.4) is 0 Å². The minimum Gasteiger partial charge on any atom is -0.504 e. The van der Waals surface area contributed by atoms with Gasteiger partial charge in [-0.2, -0.15) is 5.26 Å². The molecule has 2 N–H and O–H groups in total. The molecule has 2 aromatic rings. The summed E-state index contributed by atoms with van der Waals surface area (Å²) in [5, 5.41) is 22.4. The quantitative estimate of drug-likeness (QED) is 0.394. The van der Waals surface area contributed by atoms with Crippen LogP contribution in [0.2, 0.25) is 0 Å². The van der Waals surface area contributed by atoms with Gasteiger partial charge in [0.15, 0.2) is 11.5 Å². The van der Waals surface area contributed by atoms with Gasteiger partial charge < -0.3 is 19.9 Å². The molecule has 1 unspecified atom stereocenters. The number of ether oxygens (including phenoxy) is 2. The summed E-state index contributed by atoms with van der Waals surface area (Å²) in [7, 11) is 1.41. The second-order valence-electron chi connectivity index (χ2n) is 7.33. The Morgan fingerprint density at radius 1 is 1.42 bits per heavy atom. The summed E-state index contributed by atoms with van der Waals surface area (Å²) in [6, 6.07) is 6.41. The number of nitrogens with one attached hydrogen (secondary N) is 1. The normalized spacial score (nSPS) is 15.5. The van der Waals surface area contributed by atoms with E-state index in [-0.39, 0.29) is 23.7 Å². The van der Waals surface area contributed by atoms with Gasteiger partial charge >= 0.3 is 5.97 Å². The number of phenolic OH excluding ortho intramolecular Hbond substituents is 1. The lowest BCUT2D eigenvalue weighted by Crippen LogP contribution is -2.17. The van der Waals surface area contributed by atoms with Gasteiger partial charge in [-0.15, -0.1) is 11.3 Å². The summed E-state index contributed by atoms with van der Waals surface area (Å²) < 4.78 is 10.3. The lowest BCUT2D eigenvalue weighted by molar-refractivity contribution is -0.112. The number of rotatable bonds is 6. The van der Waals surface area contributed by atoms with E-state index in [0.717, 1.165) is 29.7 Å². The molecule has 1 heterocycles. The van der Waals surface area contributed by atoms with Crippen molar-refractivity contribution in [2.45, 2.75) is 33.1 Å². The smallest absolute Gasteiger partial charge is 0.341 e. The zero-order valence-electron chi connectivity index (χ0n) is 17.7. The molecule has 0 fully saturated rings. The molecule has 0 radical (unpaired) electrons. The highest BCUT2D eigenvalue weighted by Gasteiger charge is 2.29. The van der Waals surface area contributed by atoms with E-state index in [9.17, 15) is 20.0 Å². The number of thiophene rings is 1. The standard InChI is InChI=1S/C23H24N2O5S/c1-4-30-23(28)20-16-7-5-13(2)9-19(16)31-22(20)25-21(27)15(12-24)10-14-6-8-17(26)18(11-14)29-3/h6,8,10-11,13,26H,4-5,7,9H2,1-3H3,(H,25,27). The molecule has 0 bridgehead atoms. The molecular weight excluding hydrogens is 416 g/mol. The van der Waals surface area contributed by atoms with Gasteiger partial charge in [0.1, 0.15) is 16.6 Å². The van der Waals surface area contributed by atoms with Crippen molar-refractivity contribution in [1.82, 2.24) is 0 Å². The van der Waals surface area contributed by atoms with Crippen LogP contribution in [0.5, 0.6) is 11.5 Å². The van der Waals surface area contributed by atoms with E-state index >= 15 is 0 Å². The number of aromatic hydroxyl groups is 1. The van der Waals surface area contributed by atoms with Gasteiger partial charge in [-0.1, -0.05) is 13.0 Å². The molecule has 7 nitrogen and oxygen atoms in total. The third-order valence-electron chi connectivity index (χ3n) is 5.10. The monoisotopic (exact) mass is 440 g/mol. The van der Waals surface area contributed by atoms with Crippen LogP contribution in [0.15, 0.2) is 23.8 Å². The van der Waals surface area contributed by atoms with Gasteiger partial charge in [0.25, 0.3) is 5.91 Å². The van der Waals surface area contributed by atoms with Crippen molar-refractivity contribution in [1.29, 1.82) is 5.26 Å². The first-order valence-electron chi connectivity index (χ1n) is 9.99. The Balaban J connectivity index is 1.93. The number of carbonyl (C=O) groups excluding carboxylic acids is 2. The van der Waals surface area contributed by atoms with Gasteiger partial charge in [0.05, 0.1) is 19.3 Å². The molecule has 1 amide bonds. The van der Waals surface area contributed by atoms with Gasteiger partial charge in [0.2, 0.25) is 0 Å². The Kier molecular flexibility index (Phi) is 6.98. The van der Waals surface area contributed by atoms with Crippen molar-refractivity contribution in [3.05, 3.63) is 45.3 Å². The fraction of sp³-hybridized carbons (Fsp3) is 0.348. The first kappa shape index (κ1) is 22.4. The molecule has 1 aromatic heterocycles. The van der Waals surface area contributed by atoms with E-state index < -0.39 is 11.9 Å². The molecule has 1 aliphatic rings. The first-order valence-corrected chi connectivity index (χ1v) is 10.8. The molecule has 0 spiro atoms. The second-order valence-corrected chi connectivity index (χ2v) is 8.44. The van der Waals surface area contributed by atoms with Crippen molar-refractivity contribution < 1.29 is 24.2 Å². The number of anilines is 1. The Labute approximate surface area is 184 Å². The van der Waals surface area contributed by atoms with Crippen molar-refractivity contribution in [2.75, 3.05) is 19.0 Å². The third kappa shape index (κ3) is 4.89. The minimum atomic E-state index is -0.619. The maximum atomic E-state index is 12.9. The van der Waals surface area contributed by atoms with Crippen LogP contribution in [-0.2, 0) is 22.4 Å². The maximum absolute atomic E-state index is 12.9. The summed E-state index contributed by atoms with van der Waals surface area (Å²) in [6.45, 7) is 4.13. The summed E-state index contributed by atoms with van der Waals surface area (Å²) in [6.07, 6.45) is 3.97. The van der Waals surface area contributed by atoms with E-state index in [1.807, 2.05) is 6.07 Å². The van der Waals surface area contributed by atoms with Crippen LogP contribution < -0.4 is 10.1 Å². The number of methoxy groups -OCH3 is 1. The fourth-order valence-electron chi connectivity index (χ4n) is 3.53. The van der Waals surface area contributed by atoms with Crippen LogP contribution in [0.4, 0.5) is 5.00 Å². The molecule has 3 rings (SSSR count). The summed E-state index contributed by atoms with van der Waals surface area (Å²) in [4.78, 5) is 26.5. The topological polar surface area (TPSA) is 109 Å². The largest absolute Gasteiger partial charge is 0.504 e. The highest BCUT2D eigenvalue weighted by Crippen LogP contribution is 2.40. The average molecular weight is 441 g/mol. The SMILES string of the molecule is CCOC(=O)c1c(NC(=O)C(C#N)=Cc2ccc(O)c(OC)c2)sc2c1CCC(C)C2. The summed E-state index contributed by atoms with van der Waals surface area (Å²) in [5.74, 6) is -0.387. The van der Waals surface area contributed by atoms with E-state index in [2.05, 4.69) is 12.2 Å². The number of nitrogens with zero attached hydrogens (tertiary/aromatic N) is 1. The van der Waals surface area contributed by atoms with E-state index in [4.69, 9.17) is 9.47 Å². The van der Waals surface area contributed by atoms with Crippen LogP contribution in [0.25, 0.3) is 6.08 Å². The van der Waals surface area contributed by atoms with Gasteiger partial charge in [-0.25, -0.2) is 4.79 Å². The Morgan fingerprint density at radius 3 is 2.87 bits per heavy atom. The molecule has 0 saturated heterocycles. The molecule has 162 valence electrons. The van der Waals surface area contributed by atoms with Crippen LogP contribution in [0, 0.1) is 17.2 Å². The molecule has 1 aromatic carbocycles. The van der Waals surface area contributed by atoms with Crippen molar-refractivity contribution in [2.24, 2.45) is 5.92 Å². The molecule has 0 saturated carbocycles. The Hall–Kier alpha value is -3.31. The molecule has 1 aliphatic carbocycles. The average Bonchev–Trinajstić information content (AvgIpc) is 3.09. The second kappa shape index (κ2) is 9.67. The van der Waals surface area contributed by atoms with Crippen molar-refractivity contribution >= 4 is 34.3 Å². The van der Waals surface area contributed by atoms with Crippen molar-refractivity contribution in [3.8, 4) is 17.6 Å². The number of amides is 1. The van der Waals surface area contributed by atoms with E-state index in [1.165, 1.54) is 36.7 Å². The lowest BCUT2D eigenvalue weighted by Gasteiger charge is -2.18. The molecule has 8 heteroatoms. The van der Waals surface area contributed by atoms with Crippen LogP contribution >= 0.6 is 11.3 Å². The molecular formula is C23H24N2O5S. The number of carbonyl (C=O) groups is 2. The van der Waals surface area contributed by atoms with Gasteiger partial charge in [-0.05, 0) is 61.4 Å². The number of fused-ring (bicyclic) bond motifs is 1. The zero-order chi connectivity index (χ0) is 22.5. The maximum Gasteiger partial charge on any atom is 0.341 e. The van der Waals surface area contributed by atoms with E-state index in [1.54, 1.807) is 13.0 Å². The number of hydrogen-bond acceptors (Lipinski definition) is 7. The molecule has 31 heavy (non-hydrogen) atoms. The third-order valence-corrected chi connectivity index (χ3v) is 6.27. The molecule has 1 atom stereocenters. The van der Waals surface area contributed by atoms with Gasteiger partial charge in [0, 0.05) is 4.88 Å². The van der Waals surface area contributed by atoms with Crippen LogP contribution in [0.1, 0.15) is 46.6 Å². The summed E-state index contributed by atoms with van der Waals surface area (Å²) in [5.41, 5.74) is 1.71. The number of hydrogen-bond donors (Lipinski definition) is 2.